The number of unbranched alkanes of at least 4 members (excludes halogenated alkanes) is 3. The van der Waals surface area contributed by atoms with E-state index in [1.165, 1.54) is 12.8 Å². The lowest BCUT2D eigenvalue weighted by atomic mass is 9.96. The van der Waals surface area contributed by atoms with E-state index < -0.39 is 17.7 Å². The first kappa shape index (κ1) is 27.2. The van der Waals surface area contributed by atoms with E-state index in [1.54, 1.807) is 22.4 Å². The third-order valence-electron chi connectivity index (χ3n) is 7.42. The van der Waals surface area contributed by atoms with Crippen LogP contribution in [0.2, 0.25) is 0 Å². The van der Waals surface area contributed by atoms with E-state index in [1.807, 2.05) is 72.8 Å². The lowest BCUT2D eigenvalue weighted by Gasteiger charge is -2.25. The van der Waals surface area contributed by atoms with Crippen molar-refractivity contribution in [1.82, 2.24) is 14.3 Å². The molecule has 3 heterocycles. The molecule has 1 aliphatic rings. The van der Waals surface area contributed by atoms with Gasteiger partial charge in [-0.05, 0) is 55.2 Å². The molecule has 206 valence electrons. The lowest BCUT2D eigenvalue weighted by molar-refractivity contribution is -0.139. The first-order chi connectivity index (χ1) is 19.5. The minimum Gasteiger partial charge on any atom is -0.505 e. The van der Waals surface area contributed by atoms with Crippen LogP contribution in [-0.2, 0) is 16.0 Å². The number of hydrogen-bond acceptors (Lipinski definition) is 5. The number of imidazole rings is 1. The summed E-state index contributed by atoms with van der Waals surface area (Å²) in [5.41, 5.74) is 3.50. The van der Waals surface area contributed by atoms with E-state index in [-0.39, 0.29) is 11.3 Å². The fraction of sp³-hybridized carbons (Fsp3) is 0.303. The molecule has 0 saturated carbocycles. The van der Waals surface area contributed by atoms with Crippen LogP contribution in [-0.4, -0.2) is 44.2 Å². The highest BCUT2D eigenvalue weighted by Gasteiger charge is 2.46. The molecule has 1 unspecified atom stereocenters. The number of aliphatic hydroxyl groups is 1. The number of carbonyl (C=O) groups excluding carboxylic acids is 2. The first-order valence-electron chi connectivity index (χ1n) is 14.0. The van der Waals surface area contributed by atoms with Crippen LogP contribution in [0, 0.1) is 6.92 Å². The Hall–Kier alpha value is -4.39. The Bertz CT molecular complexity index is 1520. The average Bonchev–Trinajstić information content (AvgIpc) is 3.44. The van der Waals surface area contributed by atoms with Crippen LogP contribution in [0.4, 0.5) is 0 Å². The number of carbonyl (C=O) groups is 2. The van der Waals surface area contributed by atoms with Crippen LogP contribution < -0.4 is 4.74 Å². The molecule has 7 heteroatoms. The zero-order valence-corrected chi connectivity index (χ0v) is 23.0. The molecule has 1 amide bonds. The van der Waals surface area contributed by atoms with E-state index in [0.717, 1.165) is 29.7 Å². The van der Waals surface area contributed by atoms with Crippen molar-refractivity contribution < 1.29 is 19.4 Å². The minimum atomic E-state index is -0.740. The molecule has 1 fully saturated rings. The van der Waals surface area contributed by atoms with Gasteiger partial charge in [0, 0.05) is 12.7 Å². The Morgan fingerprint density at radius 2 is 1.70 bits per heavy atom. The van der Waals surface area contributed by atoms with Gasteiger partial charge in [0.25, 0.3) is 11.7 Å². The second-order valence-electron chi connectivity index (χ2n) is 10.2. The van der Waals surface area contributed by atoms with Gasteiger partial charge in [-0.3, -0.25) is 14.0 Å². The van der Waals surface area contributed by atoms with E-state index in [9.17, 15) is 14.7 Å². The maximum absolute atomic E-state index is 13.5. The Kier molecular flexibility index (Phi) is 8.29. The van der Waals surface area contributed by atoms with Crippen LogP contribution in [0.25, 0.3) is 11.4 Å². The van der Waals surface area contributed by atoms with Crippen LogP contribution in [0.5, 0.6) is 5.75 Å². The highest BCUT2D eigenvalue weighted by atomic mass is 16.5. The van der Waals surface area contributed by atoms with Crippen molar-refractivity contribution in [3.05, 3.63) is 107 Å². The molecule has 5 rings (SSSR count). The van der Waals surface area contributed by atoms with E-state index in [4.69, 9.17) is 4.74 Å². The largest absolute Gasteiger partial charge is 0.505 e. The zero-order valence-electron chi connectivity index (χ0n) is 23.0. The molecule has 2 aromatic carbocycles. The normalized spacial score (nSPS) is 16.6. The number of hydrogen-bond donors (Lipinski definition) is 1. The molecule has 0 bridgehead atoms. The van der Waals surface area contributed by atoms with Gasteiger partial charge in [-0.2, -0.15) is 0 Å². The minimum absolute atomic E-state index is 0.0695. The predicted molar refractivity (Wildman–Crippen MR) is 155 cm³/mol. The van der Waals surface area contributed by atoms with Gasteiger partial charge in [0.15, 0.2) is 5.76 Å². The predicted octanol–water partition coefficient (Wildman–Crippen LogP) is 6.27. The Morgan fingerprint density at radius 3 is 2.45 bits per heavy atom. The van der Waals surface area contributed by atoms with Gasteiger partial charge in [-0.15, -0.1) is 0 Å². The Morgan fingerprint density at radius 1 is 0.950 bits per heavy atom. The number of fused-ring (bicyclic) bond motifs is 1. The van der Waals surface area contributed by atoms with Crippen LogP contribution in [0.1, 0.15) is 61.2 Å². The van der Waals surface area contributed by atoms with Gasteiger partial charge in [-0.1, -0.05) is 74.7 Å². The Balaban J connectivity index is 1.52. The van der Waals surface area contributed by atoms with E-state index >= 15 is 0 Å². The van der Waals surface area contributed by atoms with Gasteiger partial charge in [0.1, 0.15) is 17.1 Å². The summed E-state index contributed by atoms with van der Waals surface area (Å²) in [6, 6.07) is 22.1. The monoisotopic (exact) mass is 537 g/mol. The molecule has 1 atom stereocenters. The van der Waals surface area contributed by atoms with Crippen molar-refractivity contribution in [2.75, 3.05) is 13.2 Å². The average molecular weight is 538 g/mol. The number of aromatic nitrogens is 2. The molecule has 4 aromatic rings. The third kappa shape index (κ3) is 5.50. The van der Waals surface area contributed by atoms with Crippen LogP contribution in [0.3, 0.4) is 0 Å². The van der Waals surface area contributed by atoms with Crippen molar-refractivity contribution in [3.63, 3.8) is 0 Å². The number of Topliss-reactive ketones (excluding diaryl/α,β-unsaturated/α-hetero) is 1. The number of ketones is 1. The quantitative estimate of drug-likeness (QED) is 0.106. The van der Waals surface area contributed by atoms with Crippen molar-refractivity contribution in [2.24, 2.45) is 0 Å². The molecule has 40 heavy (non-hydrogen) atoms. The number of rotatable bonds is 11. The lowest BCUT2D eigenvalue weighted by Crippen LogP contribution is -2.31. The maximum atomic E-state index is 13.5. The first-order valence-corrected chi connectivity index (χ1v) is 14.0. The van der Waals surface area contributed by atoms with Crippen molar-refractivity contribution in [1.29, 1.82) is 0 Å². The molecule has 1 saturated heterocycles. The number of aliphatic hydroxyl groups excluding tert-OH is 1. The van der Waals surface area contributed by atoms with Gasteiger partial charge >= 0.3 is 0 Å². The van der Waals surface area contributed by atoms with E-state index in [2.05, 4.69) is 11.9 Å². The summed E-state index contributed by atoms with van der Waals surface area (Å²) in [5, 5.41) is 11.6. The van der Waals surface area contributed by atoms with Gasteiger partial charge in [-0.25, -0.2) is 4.98 Å². The molecule has 0 radical (unpaired) electrons. The number of benzene rings is 2. The second kappa shape index (κ2) is 12.2. The highest BCUT2D eigenvalue weighted by Crippen LogP contribution is 2.40. The second-order valence-corrected chi connectivity index (χ2v) is 10.2. The Labute approximate surface area is 234 Å². The molecule has 2 aromatic heterocycles. The summed E-state index contributed by atoms with van der Waals surface area (Å²) in [4.78, 5) is 33.1. The van der Waals surface area contributed by atoms with Crippen molar-refractivity contribution in [3.8, 4) is 5.75 Å². The number of aryl methyl sites for hydroxylation is 1. The summed E-state index contributed by atoms with van der Waals surface area (Å²) < 4.78 is 7.67. The molecule has 7 nitrogen and oxygen atoms in total. The molecule has 1 aliphatic heterocycles. The number of amides is 1. The summed E-state index contributed by atoms with van der Waals surface area (Å²) >= 11 is 0. The summed E-state index contributed by atoms with van der Waals surface area (Å²) in [7, 11) is 0. The topological polar surface area (TPSA) is 84.1 Å². The standard InChI is InChI=1S/C33H35N3O4/c1-3-4-5-11-22-40-26-17-15-25(16-18-26)30-28(31(37)29-23(2)34-27-14-9-10-20-35(27)29)32(38)33(39)36(30)21-19-24-12-7-6-8-13-24/h6-10,12-18,20,30,37H,3-5,11,19,21-22H2,1-2H3/b31-28+. The van der Waals surface area contributed by atoms with Gasteiger partial charge < -0.3 is 14.7 Å². The number of ether oxygens (including phenoxy) is 1. The van der Waals surface area contributed by atoms with Crippen molar-refractivity contribution in [2.45, 2.75) is 52.0 Å². The number of pyridine rings is 1. The highest BCUT2D eigenvalue weighted by molar-refractivity contribution is 6.46. The molecule has 0 spiro atoms. The SMILES string of the molecule is CCCCCCOc1ccc(C2/C(=C(\O)c3c(C)nc4ccccn34)C(=O)C(=O)N2CCc2ccccc2)cc1. The number of likely N-dealkylation sites (tertiary alicyclic amines) is 1. The molecular formula is C33H35N3O4. The summed E-state index contributed by atoms with van der Waals surface area (Å²) in [6.07, 6.45) is 6.86. The van der Waals surface area contributed by atoms with E-state index in [0.29, 0.717) is 36.6 Å². The summed E-state index contributed by atoms with van der Waals surface area (Å²) in [6.45, 7) is 4.94. The molecule has 0 aliphatic carbocycles. The zero-order chi connectivity index (χ0) is 28.1. The molecule has 1 N–H and O–H groups in total. The van der Waals surface area contributed by atoms with Gasteiger partial charge in [0.05, 0.1) is 23.9 Å². The summed E-state index contributed by atoms with van der Waals surface area (Å²) in [5.74, 6) is -0.806. The fourth-order valence-electron chi connectivity index (χ4n) is 5.34. The maximum Gasteiger partial charge on any atom is 0.295 e. The van der Waals surface area contributed by atoms with Crippen molar-refractivity contribution >= 4 is 23.1 Å². The van der Waals surface area contributed by atoms with Gasteiger partial charge in [0.2, 0.25) is 0 Å². The fourth-order valence-corrected chi connectivity index (χ4v) is 5.34. The molecular weight excluding hydrogens is 502 g/mol. The van der Waals surface area contributed by atoms with Crippen LogP contribution in [0.15, 0.2) is 84.6 Å². The number of nitrogens with zero attached hydrogens (tertiary/aromatic N) is 3. The third-order valence-corrected chi connectivity index (χ3v) is 7.42. The van der Waals surface area contributed by atoms with Crippen LogP contribution >= 0.6 is 0 Å². The smallest absolute Gasteiger partial charge is 0.295 e.